The predicted molar refractivity (Wildman–Crippen MR) is 110 cm³/mol. The third-order valence-electron chi connectivity index (χ3n) is 5.68. The normalized spacial score (nSPS) is 14.0. The predicted octanol–water partition coefficient (Wildman–Crippen LogP) is 6.67. The standard InChI is InChI=1S/C26H18O2/c1-4-13-22-17(8-1)16-18-9-7-12-21(26(18)28-22)25-19-10-2-5-14-23(19)27-24-15-6-3-11-20(24)25/h1-15,25H,16H2. The Morgan fingerprint density at radius 3 is 1.82 bits per heavy atom. The molecule has 0 radical (unpaired) electrons. The maximum Gasteiger partial charge on any atom is 0.135 e. The van der Waals surface area contributed by atoms with Gasteiger partial charge >= 0.3 is 0 Å². The van der Waals surface area contributed by atoms with Crippen LogP contribution in [0.15, 0.2) is 91.0 Å². The minimum absolute atomic E-state index is 0.0846. The van der Waals surface area contributed by atoms with Gasteiger partial charge in [0, 0.05) is 29.0 Å². The fourth-order valence-corrected chi connectivity index (χ4v) is 4.41. The summed E-state index contributed by atoms with van der Waals surface area (Å²) in [7, 11) is 0. The number of benzene rings is 4. The highest BCUT2D eigenvalue weighted by atomic mass is 16.5. The first kappa shape index (κ1) is 15.5. The van der Waals surface area contributed by atoms with Crippen LogP contribution in [0.4, 0.5) is 0 Å². The maximum absolute atomic E-state index is 6.45. The molecule has 0 aromatic heterocycles. The summed E-state index contributed by atoms with van der Waals surface area (Å²) < 4.78 is 12.6. The van der Waals surface area contributed by atoms with Gasteiger partial charge in [-0.2, -0.15) is 0 Å². The molecule has 2 aliphatic heterocycles. The molecule has 0 N–H and O–H groups in total. The maximum atomic E-state index is 6.45. The molecule has 0 spiro atoms. The van der Waals surface area contributed by atoms with E-state index in [9.17, 15) is 0 Å². The van der Waals surface area contributed by atoms with Gasteiger partial charge in [0.25, 0.3) is 0 Å². The average Bonchev–Trinajstić information content (AvgIpc) is 2.76. The SMILES string of the molecule is c1ccc2c(c1)Cc1cccc(C3c4ccccc4Oc4ccccc43)c1O2. The van der Waals surface area contributed by atoms with E-state index in [-0.39, 0.29) is 5.92 Å². The summed E-state index contributed by atoms with van der Waals surface area (Å²) in [6.07, 6.45) is 0.895. The molecule has 2 nitrogen and oxygen atoms in total. The number of hydrogen-bond donors (Lipinski definition) is 0. The van der Waals surface area contributed by atoms with Gasteiger partial charge in [-0.15, -0.1) is 0 Å². The van der Waals surface area contributed by atoms with E-state index in [1.807, 2.05) is 30.3 Å². The van der Waals surface area contributed by atoms with E-state index in [0.29, 0.717) is 0 Å². The monoisotopic (exact) mass is 362 g/mol. The van der Waals surface area contributed by atoms with Crippen LogP contribution in [0.1, 0.15) is 33.7 Å². The molecule has 0 fully saturated rings. The van der Waals surface area contributed by atoms with Gasteiger partial charge in [-0.1, -0.05) is 72.8 Å². The Kier molecular flexibility index (Phi) is 3.33. The molecule has 6 rings (SSSR count). The highest BCUT2D eigenvalue weighted by molar-refractivity contribution is 5.63. The molecule has 0 saturated carbocycles. The number of rotatable bonds is 1. The van der Waals surface area contributed by atoms with Crippen molar-refractivity contribution in [3.63, 3.8) is 0 Å². The molecule has 2 aliphatic rings. The molecule has 0 atom stereocenters. The van der Waals surface area contributed by atoms with Crippen molar-refractivity contribution < 1.29 is 9.47 Å². The highest BCUT2D eigenvalue weighted by Gasteiger charge is 2.32. The second-order valence-corrected chi connectivity index (χ2v) is 7.33. The first-order valence-corrected chi connectivity index (χ1v) is 9.62. The van der Waals surface area contributed by atoms with Crippen molar-refractivity contribution in [2.75, 3.05) is 0 Å². The Bertz CT molecular complexity index is 1160. The van der Waals surface area contributed by atoms with Gasteiger partial charge in [0.1, 0.15) is 23.0 Å². The lowest BCUT2D eigenvalue weighted by atomic mass is 9.81. The number of hydrogen-bond acceptors (Lipinski definition) is 2. The lowest BCUT2D eigenvalue weighted by Crippen LogP contribution is -2.14. The van der Waals surface area contributed by atoms with Crippen molar-refractivity contribution in [3.8, 4) is 23.0 Å². The van der Waals surface area contributed by atoms with E-state index in [2.05, 4.69) is 60.7 Å². The molecule has 0 saturated heterocycles. The topological polar surface area (TPSA) is 18.5 Å². The van der Waals surface area contributed by atoms with Gasteiger partial charge < -0.3 is 9.47 Å². The zero-order valence-electron chi connectivity index (χ0n) is 15.3. The molecule has 0 amide bonds. The molecular formula is C26H18O2. The molecule has 4 aromatic rings. The largest absolute Gasteiger partial charge is 0.457 e. The quantitative estimate of drug-likeness (QED) is 0.325. The molecule has 2 heteroatoms. The van der Waals surface area contributed by atoms with Crippen LogP contribution >= 0.6 is 0 Å². The lowest BCUT2D eigenvalue weighted by molar-refractivity contribution is 0.438. The smallest absolute Gasteiger partial charge is 0.135 e. The third kappa shape index (κ3) is 2.28. The third-order valence-corrected chi connectivity index (χ3v) is 5.68. The zero-order valence-corrected chi connectivity index (χ0v) is 15.3. The van der Waals surface area contributed by atoms with Crippen LogP contribution in [-0.4, -0.2) is 0 Å². The molecular weight excluding hydrogens is 344 g/mol. The van der Waals surface area contributed by atoms with E-state index in [4.69, 9.17) is 9.47 Å². The summed E-state index contributed by atoms with van der Waals surface area (Å²) in [6, 6.07) is 31.4. The molecule has 4 aromatic carbocycles. The van der Waals surface area contributed by atoms with Gasteiger partial charge in [-0.05, 0) is 29.3 Å². The second kappa shape index (κ2) is 6.00. The van der Waals surface area contributed by atoms with Crippen LogP contribution in [0.5, 0.6) is 23.0 Å². The molecule has 2 heterocycles. The minimum atomic E-state index is 0.0846. The van der Waals surface area contributed by atoms with Crippen LogP contribution in [0.3, 0.4) is 0 Å². The van der Waals surface area contributed by atoms with Gasteiger partial charge in [-0.3, -0.25) is 0 Å². The fraction of sp³-hybridized carbons (Fsp3) is 0.0769. The Morgan fingerprint density at radius 1 is 0.500 bits per heavy atom. The number of ether oxygens (including phenoxy) is 2. The molecule has 0 unspecified atom stereocenters. The summed E-state index contributed by atoms with van der Waals surface area (Å²) >= 11 is 0. The van der Waals surface area contributed by atoms with Crippen LogP contribution in [0.2, 0.25) is 0 Å². The van der Waals surface area contributed by atoms with Gasteiger partial charge in [0.15, 0.2) is 0 Å². The van der Waals surface area contributed by atoms with Crippen molar-refractivity contribution in [3.05, 3.63) is 119 Å². The minimum Gasteiger partial charge on any atom is -0.457 e. The van der Waals surface area contributed by atoms with Gasteiger partial charge in [0.2, 0.25) is 0 Å². The van der Waals surface area contributed by atoms with Crippen molar-refractivity contribution in [1.82, 2.24) is 0 Å². The molecule has 134 valence electrons. The van der Waals surface area contributed by atoms with E-state index in [0.717, 1.165) is 29.4 Å². The van der Waals surface area contributed by atoms with Gasteiger partial charge in [0.05, 0.1) is 0 Å². The van der Waals surface area contributed by atoms with E-state index < -0.39 is 0 Å². The summed E-state index contributed by atoms with van der Waals surface area (Å²) in [5.74, 6) is 3.86. The van der Waals surface area contributed by atoms with Crippen LogP contribution < -0.4 is 9.47 Å². The highest BCUT2D eigenvalue weighted by Crippen LogP contribution is 2.51. The first-order chi connectivity index (χ1) is 13.9. The molecule has 0 bridgehead atoms. The van der Waals surface area contributed by atoms with E-state index in [1.165, 1.54) is 27.8 Å². The number of fused-ring (bicyclic) bond motifs is 4. The van der Waals surface area contributed by atoms with Crippen LogP contribution in [-0.2, 0) is 6.42 Å². The van der Waals surface area contributed by atoms with Crippen molar-refractivity contribution >= 4 is 0 Å². The second-order valence-electron chi connectivity index (χ2n) is 7.33. The molecule has 28 heavy (non-hydrogen) atoms. The lowest BCUT2D eigenvalue weighted by Gasteiger charge is -2.31. The zero-order chi connectivity index (χ0) is 18.5. The average molecular weight is 362 g/mol. The van der Waals surface area contributed by atoms with Crippen LogP contribution in [0, 0.1) is 0 Å². The van der Waals surface area contributed by atoms with Crippen LogP contribution in [0.25, 0.3) is 0 Å². The summed E-state index contributed by atoms with van der Waals surface area (Å²) in [6.45, 7) is 0. The van der Waals surface area contributed by atoms with E-state index in [1.54, 1.807) is 0 Å². The summed E-state index contributed by atoms with van der Waals surface area (Å²) in [5.41, 5.74) is 6.02. The Hall–Kier alpha value is -3.52. The fourth-order valence-electron chi connectivity index (χ4n) is 4.41. The Labute approximate surface area is 164 Å². The molecule has 0 aliphatic carbocycles. The number of para-hydroxylation sites is 4. The summed E-state index contributed by atoms with van der Waals surface area (Å²) in [4.78, 5) is 0. The van der Waals surface area contributed by atoms with Crippen molar-refractivity contribution in [1.29, 1.82) is 0 Å². The van der Waals surface area contributed by atoms with E-state index >= 15 is 0 Å². The Morgan fingerprint density at radius 2 is 1.07 bits per heavy atom. The van der Waals surface area contributed by atoms with Crippen molar-refractivity contribution in [2.24, 2.45) is 0 Å². The van der Waals surface area contributed by atoms with Gasteiger partial charge in [-0.25, -0.2) is 0 Å². The van der Waals surface area contributed by atoms with Crippen molar-refractivity contribution in [2.45, 2.75) is 12.3 Å². The first-order valence-electron chi connectivity index (χ1n) is 9.62. The Balaban J connectivity index is 1.58. The summed E-state index contributed by atoms with van der Waals surface area (Å²) in [5, 5.41) is 0.